The average Bonchev–Trinajstić information content (AvgIpc) is 3.19. The first-order valence-corrected chi connectivity index (χ1v) is 7.97. The Morgan fingerprint density at radius 1 is 1.29 bits per heavy atom. The van der Waals surface area contributed by atoms with Crippen LogP contribution in [0.1, 0.15) is 75.5 Å². The van der Waals surface area contributed by atoms with Crippen molar-refractivity contribution in [3.63, 3.8) is 0 Å². The van der Waals surface area contributed by atoms with Gasteiger partial charge in [0.1, 0.15) is 6.04 Å². The first-order chi connectivity index (χ1) is 10.1. The van der Waals surface area contributed by atoms with Gasteiger partial charge in [0.25, 0.3) is 0 Å². The summed E-state index contributed by atoms with van der Waals surface area (Å²) in [6.45, 7) is 1.84. The number of hydrogen-bond donors (Lipinski definition) is 2. The number of aliphatic hydroxyl groups is 1. The van der Waals surface area contributed by atoms with Crippen molar-refractivity contribution >= 4 is 5.91 Å². The molecule has 6 nitrogen and oxygen atoms in total. The van der Waals surface area contributed by atoms with Gasteiger partial charge in [-0.25, -0.2) is 0 Å². The minimum atomic E-state index is -0.520. The van der Waals surface area contributed by atoms with E-state index in [-0.39, 0.29) is 17.9 Å². The highest BCUT2D eigenvalue weighted by molar-refractivity contribution is 5.79. The van der Waals surface area contributed by atoms with Gasteiger partial charge >= 0.3 is 0 Å². The van der Waals surface area contributed by atoms with Crippen LogP contribution in [0.5, 0.6) is 0 Å². The normalized spacial score (nSPS) is 27.9. The molecule has 0 radical (unpaired) electrons. The lowest BCUT2D eigenvalue weighted by Gasteiger charge is -2.16. The second-order valence-electron chi connectivity index (χ2n) is 6.31. The highest BCUT2D eigenvalue weighted by atomic mass is 16.5. The number of carbonyl (C=O) groups excluding carboxylic acids is 1. The Morgan fingerprint density at radius 3 is 2.71 bits per heavy atom. The second-order valence-corrected chi connectivity index (χ2v) is 6.31. The first kappa shape index (κ1) is 14.5. The second kappa shape index (κ2) is 6.13. The summed E-state index contributed by atoms with van der Waals surface area (Å²) in [7, 11) is 0. The molecule has 0 spiro atoms. The van der Waals surface area contributed by atoms with Crippen molar-refractivity contribution in [2.24, 2.45) is 5.92 Å². The van der Waals surface area contributed by atoms with Crippen molar-refractivity contribution in [3.8, 4) is 0 Å². The molecule has 0 aliphatic heterocycles. The lowest BCUT2D eigenvalue weighted by molar-refractivity contribution is -0.128. The van der Waals surface area contributed by atoms with Crippen LogP contribution in [0.4, 0.5) is 0 Å². The number of aliphatic hydroxyl groups excluding tert-OH is 1. The monoisotopic (exact) mass is 293 g/mol. The van der Waals surface area contributed by atoms with Crippen LogP contribution in [0.25, 0.3) is 0 Å². The minimum absolute atomic E-state index is 0.117. The highest BCUT2D eigenvalue weighted by Gasteiger charge is 2.33. The molecule has 1 aromatic rings. The molecule has 6 heteroatoms. The van der Waals surface area contributed by atoms with E-state index < -0.39 is 6.10 Å². The Hall–Kier alpha value is -1.43. The van der Waals surface area contributed by atoms with E-state index in [1.54, 1.807) is 0 Å². The number of nitrogens with one attached hydrogen (secondary N) is 1. The summed E-state index contributed by atoms with van der Waals surface area (Å²) in [5, 5.41) is 16.7. The van der Waals surface area contributed by atoms with Gasteiger partial charge in [0.15, 0.2) is 5.82 Å². The van der Waals surface area contributed by atoms with Crippen molar-refractivity contribution in [2.45, 2.75) is 69.9 Å². The number of amides is 1. The molecule has 2 N–H and O–H groups in total. The summed E-state index contributed by atoms with van der Waals surface area (Å²) in [5.41, 5.74) is 0. The van der Waals surface area contributed by atoms with Gasteiger partial charge in [-0.3, -0.25) is 4.79 Å². The van der Waals surface area contributed by atoms with Gasteiger partial charge in [-0.05, 0) is 39.0 Å². The van der Waals surface area contributed by atoms with E-state index in [1.165, 1.54) is 12.8 Å². The quantitative estimate of drug-likeness (QED) is 0.887. The van der Waals surface area contributed by atoms with Gasteiger partial charge in [-0.1, -0.05) is 18.0 Å². The van der Waals surface area contributed by atoms with Gasteiger partial charge < -0.3 is 14.9 Å². The van der Waals surface area contributed by atoms with Gasteiger partial charge in [0.2, 0.25) is 11.8 Å². The zero-order valence-corrected chi connectivity index (χ0v) is 12.4. The smallest absolute Gasteiger partial charge is 0.248 e. The van der Waals surface area contributed by atoms with Crippen LogP contribution in [0.3, 0.4) is 0 Å². The fourth-order valence-corrected chi connectivity index (χ4v) is 3.40. The molecule has 2 aliphatic carbocycles. The third-order valence-electron chi connectivity index (χ3n) is 4.72. The Balaban J connectivity index is 1.59. The van der Waals surface area contributed by atoms with Crippen LogP contribution in [0.15, 0.2) is 4.52 Å². The Labute approximate surface area is 124 Å². The molecule has 0 bridgehead atoms. The number of hydrogen-bond acceptors (Lipinski definition) is 5. The van der Waals surface area contributed by atoms with Gasteiger partial charge in [-0.2, -0.15) is 4.98 Å². The summed E-state index contributed by atoms with van der Waals surface area (Å²) in [5.74, 6) is 1.21. The predicted octanol–water partition coefficient (Wildman–Crippen LogP) is 2.07. The van der Waals surface area contributed by atoms with Crippen LogP contribution in [-0.4, -0.2) is 27.3 Å². The molecule has 1 amide bonds. The van der Waals surface area contributed by atoms with Crippen molar-refractivity contribution in [2.75, 3.05) is 0 Å². The standard InChI is InChI=1S/C15H23N3O3/c1-9(16-14(20)11-7-4-8-12(11)19)15-17-13(18-21-15)10-5-2-3-6-10/h9-12,19H,2-8H2,1H3,(H,16,20). The summed E-state index contributed by atoms with van der Waals surface area (Å²) in [6.07, 6.45) is 6.52. The Bertz CT molecular complexity index is 496. The maximum Gasteiger partial charge on any atom is 0.248 e. The van der Waals surface area contributed by atoms with Gasteiger partial charge in [0.05, 0.1) is 12.0 Å². The van der Waals surface area contributed by atoms with Crippen molar-refractivity contribution in [3.05, 3.63) is 11.7 Å². The molecule has 1 heterocycles. The van der Waals surface area contributed by atoms with Crippen LogP contribution in [0.2, 0.25) is 0 Å². The van der Waals surface area contributed by atoms with E-state index in [1.807, 2.05) is 6.92 Å². The fraction of sp³-hybridized carbons (Fsp3) is 0.800. The van der Waals surface area contributed by atoms with Crippen LogP contribution in [0, 0.1) is 5.92 Å². The van der Waals surface area contributed by atoms with Crippen LogP contribution < -0.4 is 5.32 Å². The van der Waals surface area contributed by atoms with E-state index in [0.717, 1.165) is 31.5 Å². The number of carbonyl (C=O) groups is 1. The Kier molecular flexibility index (Phi) is 4.24. The van der Waals surface area contributed by atoms with E-state index in [9.17, 15) is 9.90 Å². The molecule has 2 saturated carbocycles. The van der Waals surface area contributed by atoms with Crippen molar-refractivity contribution in [1.82, 2.24) is 15.5 Å². The minimum Gasteiger partial charge on any atom is -0.392 e. The van der Waals surface area contributed by atoms with Gasteiger partial charge in [0, 0.05) is 5.92 Å². The lowest BCUT2D eigenvalue weighted by atomic mass is 10.0. The predicted molar refractivity (Wildman–Crippen MR) is 75.4 cm³/mol. The van der Waals surface area contributed by atoms with Crippen LogP contribution >= 0.6 is 0 Å². The summed E-state index contributed by atoms with van der Waals surface area (Å²) >= 11 is 0. The SMILES string of the molecule is CC(NC(=O)C1CCCC1O)c1nc(C2CCCC2)no1. The molecule has 1 aromatic heterocycles. The van der Waals surface area contributed by atoms with E-state index in [0.29, 0.717) is 18.2 Å². The summed E-state index contributed by atoms with van der Waals surface area (Å²) in [6, 6.07) is -0.312. The number of aromatic nitrogens is 2. The number of rotatable bonds is 4. The van der Waals surface area contributed by atoms with Crippen molar-refractivity contribution < 1.29 is 14.4 Å². The topological polar surface area (TPSA) is 88.2 Å². The zero-order chi connectivity index (χ0) is 14.8. The molecule has 0 saturated heterocycles. The van der Waals surface area contributed by atoms with E-state index in [4.69, 9.17) is 4.52 Å². The molecule has 3 atom stereocenters. The fourth-order valence-electron chi connectivity index (χ4n) is 3.40. The lowest BCUT2D eigenvalue weighted by Crippen LogP contribution is -2.36. The third kappa shape index (κ3) is 3.10. The zero-order valence-electron chi connectivity index (χ0n) is 12.4. The average molecular weight is 293 g/mol. The maximum absolute atomic E-state index is 12.1. The summed E-state index contributed by atoms with van der Waals surface area (Å²) < 4.78 is 5.29. The first-order valence-electron chi connectivity index (χ1n) is 7.97. The molecule has 21 heavy (non-hydrogen) atoms. The number of nitrogens with zero attached hydrogens (tertiary/aromatic N) is 2. The van der Waals surface area contributed by atoms with E-state index >= 15 is 0 Å². The Morgan fingerprint density at radius 2 is 2.05 bits per heavy atom. The molecule has 0 aromatic carbocycles. The molecule has 2 fully saturated rings. The maximum atomic E-state index is 12.1. The highest BCUT2D eigenvalue weighted by Crippen LogP contribution is 2.32. The molecular formula is C15H23N3O3. The molecule has 3 rings (SSSR count). The molecule has 2 aliphatic rings. The third-order valence-corrected chi connectivity index (χ3v) is 4.72. The van der Waals surface area contributed by atoms with Crippen molar-refractivity contribution in [1.29, 1.82) is 0 Å². The van der Waals surface area contributed by atoms with Gasteiger partial charge in [-0.15, -0.1) is 0 Å². The molecule has 116 valence electrons. The molecular weight excluding hydrogens is 270 g/mol. The largest absolute Gasteiger partial charge is 0.392 e. The summed E-state index contributed by atoms with van der Waals surface area (Å²) in [4.78, 5) is 16.6. The van der Waals surface area contributed by atoms with E-state index in [2.05, 4.69) is 15.5 Å². The molecule has 3 unspecified atom stereocenters. The van der Waals surface area contributed by atoms with Crippen LogP contribution in [-0.2, 0) is 4.79 Å².